The van der Waals surface area contributed by atoms with E-state index in [0.29, 0.717) is 11.7 Å². The molecule has 0 atom stereocenters. The van der Waals surface area contributed by atoms with Crippen molar-refractivity contribution in [3.05, 3.63) is 18.0 Å². The second-order valence-electron chi connectivity index (χ2n) is 2.97. The Morgan fingerprint density at radius 3 is 3.08 bits per heavy atom. The molecule has 0 aliphatic heterocycles. The van der Waals surface area contributed by atoms with Crippen molar-refractivity contribution in [1.29, 1.82) is 0 Å². The highest BCUT2D eigenvalue weighted by molar-refractivity contribution is 5.92. The number of nitrogens with one attached hydrogen (secondary N) is 1. The van der Waals surface area contributed by atoms with Crippen LogP contribution in [-0.4, -0.2) is 22.7 Å². The number of aromatic nitrogens is 2. The molecule has 0 bridgehead atoms. The highest BCUT2D eigenvalue weighted by Crippen LogP contribution is 2.34. The molecule has 0 aromatic carbocycles. The van der Waals surface area contributed by atoms with Gasteiger partial charge in [0.25, 0.3) is 5.91 Å². The van der Waals surface area contributed by atoms with E-state index in [4.69, 9.17) is 0 Å². The van der Waals surface area contributed by atoms with Crippen LogP contribution >= 0.6 is 0 Å². The summed E-state index contributed by atoms with van der Waals surface area (Å²) >= 11 is 0. The van der Waals surface area contributed by atoms with E-state index < -0.39 is 0 Å². The van der Waals surface area contributed by atoms with E-state index in [1.165, 1.54) is 0 Å². The lowest BCUT2D eigenvalue weighted by atomic mass is 10.4. The minimum atomic E-state index is -0.0561. The Morgan fingerprint density at radius 1 is 1.75 bits per heavy atom. The van der Waals surface area contributed by atoms with Crippen molar-refractivity contribution in [3.63, 3.8) is 0 Å². The lowest BCUT2D eigenvalue weighted by Crippen LogP contribution is -2.21. The van der Waals surface area contributed by atoms with Crippen molar-refractivity contribution >= 4 is 5.91 Å². The zero-order valence-corrected chi connectivity index (χ0v) is 6.95. The first-order valence-electron chi connectivity index (χ1n) is 4.08. The van der Waals surface area contributed by atoms with Crippen molar-refractivity contribution in [3.8, 4) is 0 Å². The molecule has 1 heterocycles. The van der Waals surface area contributed by atoms with Gasteiger partial charge in [-0.1, -0.05) is 0 Å². The van der Waals surface area contributed by atoms with Crippen LogP contribution in [0.5, 0.6) is 0 Å². The molecular weight excluding hydrogens is 154 g/mol. The molecule has 2 rings (SSSR count). The summed E-state index contributed by atoms with van der Waals surface area (Å²) < 4.78 is 1.80. The quantitative estimate of drug-likeness (QED) is 0.696. The first-order valence-corrected chi connectivity index (χ1v) is 4.08. The third-order valence-corrected chi connectivity index (χ3v) is 2.02. The Bertz CT molecular complexity index is 301. The lowest BCUT2D eigenvalue weighted by Gasteiger charge is -2.02. The predicted octanol–water partition coefficient (Wildman–Crippen LogP) is 0.578. The first kappa shape index (κ1) is 7.34. The van der Waals surface area contributed by atoms with Crippen LogP contribution in [-0.2, 0) is 0 Å². The van der Waals surface area contributed by atoms with Gasteiger partial charge >= 0.3 is 0 Å². The average molecular weight is 165 g/mol. The molecule has 0 radical (unpaired) electrons. The van der Waals surface area contributed by atoms with Crippen LogP contribution in [0, 0.1) is 0 Å². The van der Waals surface area contributed by atoms with E-state index in [0.717, 1.165) is 12.8 Å². The van der Waals surface area contributed by atoms with Crippen molar-refractivity contribution < 1.29 is 4.79 Å². The monoisotopic (exact) mass is 165 g/mol. The maximum absolute atomic E-state index is 11.3. The Balaban J connectivity index is 2.29. The van der Waals surface area contributed by atoms with Gasteiger partial charge in [-0.2, -0.15) is 5.10 Å². The zero-order chi connectivity index (χ0) is 8.55. The highest BCUT2D eigenvalue weighted by Gasteiger charge is 2.27. The van der Waals surface area contributed by atoms with Crippen LogP contribution in [0.25, 0.3) is 0 Å². The molecule has 64 valence electrons. The number of nitrogens with zero attached hydrogens (tertiary/aromatic N) is 2. The first-order chi connectivity index (χ1) is 5.83. The summed E-state index contributed by atoms with van der Waals surface area (Å²) in [7, 11) is 1.63. The van der Waals surface area contributed by atoms with Gasteiger partial charge in [0.2, 0.25) is 0 Å². The number of rotatable bonds is 2. The topological polar surface area (TPSA) is 46.9 Å². The van der Waals surface area contributed by atoms with E-state index >= 15 is 0 Å². The second kappa shape index (κ2) is 2.62. The van der Waals surface area contributed by atoms with Gasteiger partial charge in [0.15, 0.2) is 0 Å². The van der Waals surface area contributed by atoms with E-state index in [9.17, 15) is 4.79 Å². The molecule has 1 aliphatic rings. The van der Waals surface area contributed by atoms with Gasteiger partial charge in [0.05, 0.1) is 6.04 Å². The van der Waals surface area contributed by atoms with Gasteiger partial charge in [-0.15, -0.1) is 0 Å². The maximum atomic E-state index is 11.3. The molecule has 1 N–H and O–H groups in total. The molecule has 0 spiro atoms. The molecular formula is C8H11N3O. The number of carbonyl (C=O) groups is 1. The van der Waals surface area contributed by atoms with Crippen molar-refractivity contribution in [2.75, 3.05) is 7.05 Å². The Morgan fingerprint density at radius 2 is 2.50 bits per heavy atom. The van der Waals surface area contributed by atoms with Gasteiger partial charge < -0.3 is 5.32 Å². The minimum absolute atomic E-state index is 0.0561. The lowest BCUT2D eigenvalue weighted by molar-refractivity contribution is 0.0952. The molecule has 1 fully saturated rings. The van der Waals surface area contributed by atoms with E-state index in [1.807, 2.05) is 0 Å². The summed E-state index contributed by atoms with van der Waals surface area (Å²) in [5, 5.41) is 6.69. The Labute approximate surface area is 70.6 Å². The van der Waals surface area contributed by atoms with E-state index in [1.54, 1.807) is 24.0 Å². The van der Waals surface area contributed by atoms with Gasteiger partial charge in [-0.3, -0.25) is 9.48 Å². The average Bonchev–Trinajstić information content (AvgIpc) is 2.83. The summed E-state index contributed by atoms with van der Waals surface area (Å²) in [6.45, 7) is 0. The van der Waals surface area contributed by atoms with Crippen LogP contribution in [0.15, 0.2) is 12.3 Å². The fourth-order valence-corrected chi connectivity index (χ4v) is 1.23. The van der Waals surface area contributed by atoms with Crippen molar-refractivity contribution in [1.82, 2.24) is 15.1 Å². The minimum Gasteiger partial charge on any atom is -0.354 e. The van der Waals surface area contributed by atoms with Crippen LogP contribution in [0.4, 0.5) is 0 Å². The molecule has 4 nitrogen and oxygen atoms in total. The summed E-state index contributed by atoms with van der Waals surface area (Å²) in [4.78, 5) is 11.3. The number of hydrogen-bond acceptors (Lipinski definition) is 2. The maximum Gasteiger partial charge on any atom is 0.269 e. The summed E-state index contributed by atoms with van der Waals surface area (Å²) in [5.41, 5.74) is 0.667. The molecule has 1 saturated carbocycles. The molecule has 0 saturated heterocycles. The summed E-state index contributed by atoms with van der Waals surface area (Å²) in [6, 6.07) is 2.21. The summed E-state index contributed by atoms with van der Waals surface area (Å²) in [6.07, 6.45) is 3.96. The van der Waals surface area contributed by atoms with Crippen LogP contribution < -0.4 is 5.32 Å². The van der Waals surface area contributed by atoms with Crippen LogP contribution in [0.1, 0.15) is 29.4 Å². The van der Waals surface area contributed by atoms with Crippen LogP contribution in [0.2, 0.25) is 0 Å². The second-order valence-corrected chi connectivity index (χ2v) is 2.97. The van der Waals surface area contributed by atoms with E-state index in [2.05, 4.69) is 10.4 Å². The Kier molecular flexibility index (Phi) is 1.60. The fourth-order valence-electron chi connectivity index (χ4n) is 1.23. The normalized spacial score (nSPS) is 16.1. The third kappa shape index (κ3) is 1.09. The van der Waals surface area contributed by atoms with Crippen molar-refractivity contribution in [2.45, 2.75) is 18.9 Å². The van der Waals surface area contributed by atoms with Gasteiger partial charge in [-0.05, 0) is 18.9 Å². The molecule has 1 amide bonds. The predicted molar refractivity (Wildman–Crippen MR) is 43.9 cm³/mol. The van der Waals surface area contributed by atoms with Gasteiger partial charge in [0, 0.05) is 13.2 Å². The van der Waals surface area contributed by atoms with Gasteiger partial charge in [-0.25, -0.2) is 0 Å². The molecule has 1 aromatic heterocycles. The summed E-state index contributed by atoms with van der Waals surface area (Å²) in [5.74, 6) is -0.0561. The molecule has 4 heteroatoms. The van der Waals surface area contributed by atoms with Crippen molar-refractivity contribution in [2.24, 2.45) is 0 Å². The Hall–Kier alpha value is -1.32. The molecule has 12 heavy (non-hydrogen) atoms. The smallest absolute Gasteiger partial charge is 0.269 e. The molecule has 0 unspecified atom stereocenters. The third-order valence-electron chi connectivity index (χ3n) is 2.02. The van der Waals surface area contributed by atoms with E-state index in [-0.39, 0.29) is 5.91 Å². The van der Waals surface area contributed by atoms with Gasteiger partial charge in [0.1, 0.15) is 5.69 Å². The van der Waals surface area contributed by atoms with Crippen LogP contribution in [0.3, 0.4) is 0 Å². The standard InChI is InChI=1S/C8H11N3O/c1-9-8(12)7-4-5-10-11(7)6-2-3-6/h4-6H,2-3H2,1H3,(H,9,12). The molecule has 1 aliphatic carbocycles. The fraction of sp³-hybridized carbons (Fsp3) is 0.500. The number of amides is 1. The molecule has 1 aromatic rings. The SMILES string of the molecule is CNC(=O)c1ccnn1C1CC1. The number of hydrogen-bond donors (Lipinski definition) is 1. The highest BCUT2D eigenvalue weighted by atomic mass is 16.1. The largest absolute Gasteiger partial charge is 0.354 e. The zero-order valence-electron chi connectivity index (χ0n) is 6.95. The number of carbonyl (C=O) groups excluding carboxylic acids is 1.